The van der Waals surface area contributed by atoms with Crippen molar-refractivity contribution in [1.29, 1.82) is 0 Å². The molecule has 2 fully saturated rings. The van der Waals surface area contributed by atoms with Crippen molar-refractivity contribution in [2.45, 2.75) is 25.8 Å². The van der Waals surface area contributed by atoms with Gasteiger partial charge < -0.3 is 10.6 Å². The number of carbonyl (C=O) groups is 1. The summed E-state index contributed by atoms with van der Waals surface area (Å²) in [5.74, 6) is 0.520. The zero-order chi connectivity index (χ0) is 10.7. The third-order valence-corrected chi connectivity index (χ3v) is 3.56. The fraction of sp³-hybridized carbons (Fsp3) is 0.909. The topological polar surface area (TPSA) is 44.4 Å². The van der Waals surface area contributed by atoms with Gasteiger partial charge in [-0.15, -0.1) is 0 Å². The number of piperazine rings is 1. The van der Waals surface area contributed by atoms with E-state index in [0.717, 1.165) is 45.6 Å². The molecule has 0 saturated carbocycles. The van der Waals surface area contributed by atoms with Gasteiger partial charge in [-0.1, -0.05) is 0 Å². The van der Waals surface area contributed by atoms with Crippen molar-refractivity contribution in [3.05, 3.63) is 0 Å². The lowest BCUT2D eigenvalue weighted by Gasteiger charge is -2.33. The van der Waals surface area contributed by atoms with Gasteiger partial charge in [-0.3, -0.25) is 9.69 Å². The number of hydrogen-bond donors (Lipinski definition) is 2. The molecule has 2 unspecified atom stereocenters. The quantitative estimate of drug-likeness (QED) is 0.680. The molecular formula is C11H21N3O. The van der Waals surface area contributed by atoms with Crippen LogP contribution in [0.5, 0.6) is 0 Å². The van der Waals surface area contributed by atoms with Crippen LogP contribution in [0.25, 0.3) is 0 Å². The minimum atomic E-state index is 0.259. The highest BCUT2D eigenvalue weighted by atomic mass is 16.2. The molecule has 4 heteroatoms. The molecule has 2 N–H and O–H groups in total. The Morgan fingerprint density at radius 2 is 2.13 bits per heavy atom. The summed E-state index contributed by atoms with van der Waals surface area (Å²) < 4.78 is 0. The van der Waals surface area contributed by atoms with Crippen molar-refractivity contribution in [2.75, 3.05) is 32.7 Å². The molecule has 0 aromatic heterocycles. The lowest BCUT2D eigenvalue weighted by Crippen LogP contribution is -2.48. The van der Waals surface area contributed by atoms with E-state index in [2.05, 4.69) is 22.5 Å². The molecule has 2 aliphatic rings. The molecule has 0 spiro atoms. The Hall–Kier alpha value is -0.610. The van der Waals surface area contributed by atoms with E-state index >= 15 is 0 Å². The monoisotopic (exact) mass is 211 g/mol. The standard InChI is InChI=1S/C11H21N3O/c1-9(14-6-4-12-5-7-14)8-10-2-3-13-11(10)15/h9-10,12H,2-8H2,1H3,(H,13,15). The van der Waals surface area contributed by atoms with E-state index in [1.165, 1.54) is 0 Å². The molecule has 2 atom stereocenters. The zero-order valence-electron chi connectivity index (χ0n) is 9.46. The first-order valence-electron chi connectivity index (χ1n) is 6.00. The predicted molar refractivity (Wildman–Crippen MR) is 59.6 cm³/mol. The van der Waals surface area contributed by atoms with E-state index in [-0.39, 0.29) is 11.8 Å². The molecule has 15 heavy (non-hydrogen) atoms. The largest absolute Gasteiger partial charge is 0.356 e. The lowest BCUT2D eigenvalue weighted by atomic mass is 9.98. The van der Waals surface area contributed by atoms with E-state index < -0.39 is 0 Å². The highest BCUT2D eigenvalue weighted by Gasteiger charge is 2.28. The van der Waals surface area contributed by atoms with Crippen LogP contribution >= 0.6 is 0 Å². The molecule has 0 bridgehead atoms. The molecule has 0 radical (unpaired) electrons. The highest BCUT2D eigenvalue weighted by Crippen LogP contribution is 2.19. The van der Waals surface area contributed by atoms with Crippen LogP contribution in [0.3, 0.4) is 0 Å². The molecule has 0 aromatic rings. The Kier molecular flexibility index (Phi) is 3.59. The van der Waals surface area contributed by atoms with Gasteiger partial charge in [0.05, 0.1) is 0 Å². The van der Waals surface area contributed by atoms with Crippen molar-refractivity contribution in [1.82, 2.24) is 15.5 Å². The van der Waals surface area contributed by atoms with Gasteiger partial charge >= 0.3 is 0 Å². The summed E-state index contributed by atoms with van der Waals surface area (Å²) in [6, 6.07) is 0.543. The summed E-state index contributed by atoms with van der Waals surface area (Å²) in [4.78, 5) is 13.9. The van der Waals surface area contributed by atoms with Gasteiger partial charge in [0.15, 0.2) is 0 Å². The second kappa shape index (κ2) is 4.94. The van der Waals surface area contributed by atoms with Crippen LogP contribution in [-0.4, -0.2) is 49.6 Å². The number of nitrogens with zero attached hydrogens (tertiary/aromatic N) is 1. The number of nitrogens with one attached hydrogen (secondary N) is 2. The Morgan fingerprint density at radius 3 is 2.73 bits per heavy atom. The summed E-state index contributed by atoms with van der Waals surface area (Å²) in [5, 5.41) is 6.26. The van der Waals surface area contributed by atoms with E-state index in [9.17, 15) is 4.79 Å². The molecule has 0 aromatic carbocycles. The minimum Gasteiger partial charge on any atom is -0.356 e. The first-order valence-corrected chi connectivity index (χ1v) is 6.00. The van der Waals surface area contributed by atoms with Gasteiger partial charge in [0, 0.05) is 44.7 Å². The van der Waals surface area contributed by atoms with E-state index in [1.54, 1.807) is 0 Å². The maximum absolute atomic E-state index is 11.5. The Morgan fingerprint density at radius 1 is 1.40 bits per heavy atom. The Bertz CT molecular complexity index is 226. The van der Waals surface area contributed by atoms with Gasteiger partial charge in [-0.25, -0.2) is 0 Å². The summed E-state index contributed by atoms with van der Waals surface area (Å²) in [6.07, 6.45) is 2.04. The van der Waals surface area contributed by atoms with Gasteiger partial charge in [-0.2, -0.15) is 0 Å². The van der Waals surface area contributed by atoms with Gasteiger partial charge in [0.2, 0.25) is 5.91 Å². The second-order valence-electron chi connectivity index (χ2n) is 4.65. The van der Waals surface area contributed by atoms with Crippen LogP contribution in [0.4, 0.5) is 0 Å². The molecule has 2 rings (SSSR count). The van der Waals surface area contributed by atoms with E-state index in [1.807, 2.05) is 0 Å². The average Bonchev–Trinajstić information content (AvgIpc) is 2.66. The van der Waals surface area contributed by atoms with Crippen molar-refractivity contribution in [3.63, 3.8) is 0 Å². The summed E-state index contributed by atoms with van der Waals surface area (Å²) in [6.45, 7) is 7.53. The van der Waals surface area contributed by atoms with Crippen LogP contribution in [0.2, 0.25) is 0 Å². The highest BCUT2D eigenvalue weighted by molar-refractivity contribution is 5.80. The normalized spacial score (nSPS) is 30.2. The first-order chi connectivity index (χ1) is 7.27. The van der Waals surface area contributed by atoms with Crippen LogP contribution in [-0.2, 0) is 4.79 Å². The van der Waals surface area contributed by atoms with E-state index in [0.29, 0.717) is 6.04 Å². The maximum atomic E-state index is 11.5. The fourth-order valence-corrected chi connectivity index (χ4v) is 2.55. The van der Waals surface area contributed by atoms with Gasteiger partial charge in [-0.05, 0) is 19.8 Å². The molecule has 4 nitrogen and oxygen atoms in total. The van der Waals surface area contributed by atoms with Crippen molar-refractivity contribution in [2.24, 2.45) is 5.92 Å². The van der Waals surface area contributed by atoms with Crippen LogP contribution in [0, 0.1) is 5.92 Å². The van der Waals surface area contributed by atoms with Crippen molar-refractivity contribution < 1.29 is 4.79 Å². The molecule has 86 valence electrons. The summed E-state index contributed by atoms with van der Waals surface area (Å²) >= 11 is 0. The van der Waals surface area contributed by atoms with Gasteiger partial charge in [0.25, 0.3) is 0 Å². The number of carbonyl (C=O) groups excluding carboxylic acids is 1. The van der Waals surface area contributed by atoms with Gasteiger partial charge in [0.1, 0.15) is 0 Å². The SMILES string of the molecule is CC(CC1CCNC1=O)N1CCNCC1. The first kappa shape index (κ1) is 10.9. The lowest BCUT2D eigenvalue weighted by molar-refractivity contribution is -0.123. The minimum absolute atomic E-state index is 0.259. The zero-order valence-corrected chi connectivity index (χ0v) is 9.46. The van der Waals surface area contributed by atoms with Crippen molar-refractivity contribution in [3.8, 4) is 0 Å². The number of hydrogen-bond acceptors (Lipinski definition) is 3. The van der Waals surface area contributed by atoms with Crippen LogP contribution < -0.4 is 10.6 Å². The summed E-state index contributed by atoms with van der Waals surface area (Å²) in [7, 11) is 0. The molecule has 1 amide bonds. The number of amides is 1. The Balaban J connectivity index is 1.79. The van der Waals surface area contributed by atoms with E-state index in [4.69, 9.17) is 0 Å². The molecule has 2 aliphatic heterocycles. The summed E-state index contributed by atoms with van der Waals surface area (Å²) in [5.41, 5.74) is 0. The maximum Gasteiger partial charge on any atom is 0.223 e. The van der Waals surface area contributed by atoms with Crippen molar-refractivity contribution >= 4 is 5.91 Å². The second-order valence-corrected chi connectivity index (χ2v) is 4.65. The third kappa shape index (κ3) is 2.69. The fourth-order valence-electron chi connectivity index (χ4n) is 2.55. The molecule has 2 heterocycles. The van der Waals surface area contributed by atoms with Crippen LogP contribution in [0.1, 0.15) is 19.8 Å². The smallest absolute Gasteiger partial charge is 0.223 e. The van der Waals surface area contributed by atoms with Crippen LogP contribution in [0.15, 0.2) is 0 Å². The molecular weight excluding hydrogens is 190 g/mol. The molecule has 0 aliphatic carbocycles. The predicted octanol–water partition coefficient (Wildman–Crippen LogP) is -0.194. The third-order valence-electron chi connectivity index (χ3n) is 3.56. The number of rotatable bonds is 3. The Labute approximate surface area is 91.4 Å². The average molecular weight is 211 g/mol. The molecule has 2 saturated heterocycles.